The fraction of sp³-hybridized carbons (Fsp3) is 0.538. The molecule has 0 aromatic carbocycles. The number of rotatable bonds is 2. The lowest BCUT2D eigenvalue weighted by Crippen LogP contribution is -2.24. The molecule has 2 heteroatoms. The van der Waals surface area contributed by atoms with Gasteiger partial charge in [-0.25, -0.2) is 0 Å². The van der Waals surface area contributed by atoms with Crippen molar-refractivity contribution in [1.29, 1.82) is 0 Å². The number of fused-ring (bicyclic) bond motifs is 1. The summed E-state index contributed by atoms with van der Waals surface area (Å²) in [4.78, 5) is 1.49. The van der Waals surface area contributed by atoms with E-state index in [1.54, 1.807) is 0 Å². The summed E-state index contributed by atoms with van der Waals surface area (Å²) >= 11 is 1.86. The van der Waals surface area contributed by atoms with Gasteiger partial charge in [-0.15, -0.1) is 11.3 Å². The van der Waals surface area contributed by atoms with Gasteiger partial charge < -0.3 is 5.32 Å². The minimum Gasteiger partial charge on any atom is -0.383 e. The Kier molecular flexibility index (Phi) is 2.87. The summed E-state index contributed by atoms with van der Waals surface area (Å²) in [6.45, 7) is 10.1. The molecule has 0 bridgehead atoms. The van der Waals surface area contributed by atoms with Gasteiger partial charge in [-0.1, -0.05) is 27.7 Å². The highest BCUT2D eigenvalue weighted by Gasteiger charge is 2.22. The van der Waals surface area contributed by atoms with E-state index in [4.69, 9.17) is 0 Å². The molecule has 2 heterocycles. The van der Waals surface area contributed by atoms with Crippen molar-refractivity contribution >= 4 is 16.9 Å². The highest BCUT2D eigenvalue weighted by molar-refractivity contribution is 7.10. The second kappa shape index (κ2) is 4.01. The van der Waals surface area contributed by atoms with E-state index < -0.39 is 0 Å². The quantitative estimate of drug-likeness (QED) is 0.799. The van der Waals surface area contributed by atoms with Gasteiger partial charge >= 0.3 is 0 Å². The monoisotopic (exact) mass is 221 g/mol. The van der Waals surface area contributed by atoms with Crippen LogP contribution in [0.5, 0.6) is 0 Å². The Hall–Kier alpha value is -0.760. The van der Waals surface area contributed by atoms with Crippen LogP contribution in [0.15, 0.2) is 17.1 Å². The van der Waals surface area contributed by atoms with Gasteiger partial charge in [-0.2, -0.15) is 0 Å². The average molecular weight is 221 g/mol. The zero-order valence-electron chi connectivity index (χ0n) is 9.92. The van der Waals surface area contributed by atoms with Crippen molar-refractivity contribution in [3.05, 3.63) is 27.6 Å². The van der Waals surface area contributed by atoms with Crippen molar-refractivity contribution in [3.8, 4) is 0 Å². The highest BCUT2D eigenvalue weighted by Crippen LogP contribution is 2.36. The predicted octanol–water partition coefficient (Wildman–Crippen LogP) is 3.87. The second-order valence-electron chi connectivity index (χ2n) is 4.75. The molecule has 0 saturated heterocycles. The summed E-state index contributed by atoms with van der Waals surface area (Å²) in [5.41, 5.74) is 4.45. The average Bonchev–Trinajstić information content (AvgIpc) is 2.62. The Morgan fingerprint density at radius 3 is 2.53 bits per heavy atom. The zero-order valence-corrected chi connectivity index (χ0v) is 10.7. The van der Waals surface area contributed by atoms with Crippen molar-refractivity contribution in [1.82, 2.24) is 5.32 Å². The van der Waals surface area contributed by atoms with Gasteiger partial charge in [0, 0.05) is 17.1 Å². The Morgan fingerprint density at radius 1 is 1.20 bits per heavy atom. The summed E-state index contributed by atoms with van der Waals surface area (Å²) in [6, 6.07) is 2.28. The predicted molar refractivity (Wildman–Crippen MR) is 67.8 cm³/mol. The zero-order chi connectivity index (χ0) is 11.0. The van der Waals surface area contributed by atoms with Crippen LogP contribution in [0.4, 0.5) is 0 Å². The fourth-order valence-electron chi connectivity index (χ4n) is 2.27. The second-order valence-corrected chi connectivity index (χ2v) is 5.75. The number of allylic oxidation sites excluding steroid dienone is 2. The van der Waals surface area contributed by atoms with E-state index in [2.05, 4.69) is 44.5 Å². The normalized spacial score (nSPS) is 15.9. The highest BCUT2D eigenvalue weighted by atomic mass is 32.1. The molecule has 82 valence electrons. The smallest absolute Gasteiger partial charge is 0.0497 e. The van der Waals surface area contributed by atoms with E-state index in [9.17, 15) is 0 Å². The Morgan fingerprint density at radius 2 is 1.93 bits per heavy atom. The summed E-state index contributed by atoms with van der Waals surface area (Å²) < 4.78 is 0. The van der Waals surface area contributed by atoms with Crippen LogP contribution >= 0.6 is 11.3 Å². The van der Waals surface area contributed by atoms with Gasteiger partial charge in [-0.05, 0) is 34.4 Å². The third kappa shape index (κ3) is 1.83. The molecule has 1 aromatic rings. The van der Waals surface area contributed by atoms with Crippen molar-refractivity contribution < 1.29 is 0 Å². The summed E-state index contributed by atoms with van der Waals surface area (Å²) in [5.74, 6) is 1.19. The Balaban J connectivity index is 2.54. The molecule has 1 aliphatic rings. The molecule has 0 radical (unpaired) electrons. The van der Waals surface area contributed by atoms with Gasteiger partial charge in [0.05, 0.1) is 0 Å². The summed E-state index contributed by atoms with van der Waals surface area (Å²) in [7, 11) is 0. The van der Waals surface area contributed by atoms with Crippen LogP contribution in [-0.2, 0) is 6.54 Å². The minimum absolute atomic E-state index is 0.593. The van der Waals surface area contributed by atoms with Gasteiger partial charge in [0.1, 0.15) is 0 Å². The minimum atomic E-state index is 0.593. The van der Waals surface area contributed by atoms with Crippen molar-refractivity contribution in [2.24, 2.45) is 11.8 Å². The van der Waals surface area contributed by atoms with Gasteiger partial charge in [-0.3, -0.25) is 0 Å². The Labute approximate surface area is 96.2 Å². The van der Waals surface area contributed by atoms with Crippen LogP contribution in [0.25, 0.3) is 5.57 Å². The number of nitrogens with one attached hydrogen (secondary N) is 1. The van der Waals surface area contributed by atoms with Crippen LogP contribution in [0.2, 0.25) is 0 Å². The molecular weight excluding hydrogens is 202 g/mol. The molecule has 15 heavy (non-hydrogen) atoms. The largest absolute Gasteiger partial charge is 0.383 e. The number of hydrogen-bond donors (Lipinski definition) is 1. The SMILES string of the molecule is CC(C)C1=C(C(C)C)c2ccsc2CN1. The van der Waals surface area contributed by atoms with Crippen LogP contribution in [0.3, 0.4) is 0 Å². The first-order valence-corrected chi connectivity index (χ1v) is 6.54. The lowest BCUT2D eigenvalue weighted by molar-refractivity contribution is 0.633. The van der Waals surface area contributed by atoms with E-state index in [0.29, 0.717) is 11.8 Å². The number of hydrogen-bond acceptors (Lipinski definition) is 2. The first-order valence-electron chi connectivity index (χ1n) is 5.66. The van der Waals surface area contributed by atoms with Gasteiger partial charge in [0.2, 0.25) is 0 Å². The summed E-state index contributed by atoms with van der Waals surface area (Å²) in [6.07, 6.45) is 0. The lowest BCUT2D eigenvalue weighted by Gasteiger charge is -2.27. The molecule has 1 nitrogen and oxygen atoms in total. The molecule has 0 amide bonds. The van der Waals surface area contributed by atoms with Crippen molar-refractivity contribution in [2.75, 3.05) is 0 Å². The van der Waals surface area contributed by atoms with Crippen molar-refractivity contribution in [3.63, 3.8) is 0 Å². The Bertz CT molecular complexity index is 385. The molecule has 0 saturated carbocycles. The van der Waals surface area contributed by atoms with Crippen LogP contribution in [0, 0.1) is 11.8 Å². The van der Waals surface area contributed by atoms with Crippen LogP contribution in [-0.4, -0.2) is 0 Å². The van der Waals surface area contributed by atoms with Gasteiger partial charge in [0.25, 0.3) is 0 Å². The van der Waals surface area contributed by atoms with E-state index in [-0.39, 0.29) is 0 Å². The maximum Gasteiger partial charge on any atom is 0.0497 e. The van der Waals surface area contributed by atoms with Gasteiger partial charge in [0.15, 0.2) is 0 Å². The van der Waals surface area contributed by atoms with E-state index in [1.165, 1.54) is 21.7 Å². The standard InChI is InChI=1S/C13H19NS/c1-8(2)12-10-5-6-15-11(10)7-14-13(12)9(3)4/h5-6,8-9,14H,7H2,1-4H3. The fourth-order valence-corrected chi connectivity index (χ4v) is 3.10. The molecule has 0 fully saturated rings. The molecule has 0 atom stereocenters. The molecule has 1 aromatic heterocycles. The molecule has 0 aliphatic carbocycles. The molecule has 2 rings (SSSR count). The van der Waals surface area contributed by atoms with E-state index in [0.717, 1.165) is 6.54 Å². The molecule has 1 aliphatic heterocycles. The van der Waals surface area contributed by atoms with Crippen LogP contribution < -0.4 is 5.32 Å². The molecule has 0 spiro atoms. The molecular formula is C13H19NS. The third-order valence-electron chi connectivity index (χ3n) is 2.92. The first-order chi connectivity index (χ1) is 7.11. The van der Waals surface area contributed by atoms with Crippen molar-refractivity contribution in [2.45, 2.75) is 34.2 Å². The molecule has 1 N–H and O–H groups in total. The number of thiophene rings is 1. The molecule has 0 unspecified atom stereocenters. The van der Waals surface area contributed by atoms with E-state index in [1.807, 2.05) is 11.3 Å². The maximum atomic E-state index is 3.58. The maximum absolute atomic E-state index is 3.58. The van der Waals surface area contributed by atoms with Crippen LogP contribution in [0.1, 0.15) is 38.1 Å². The summed E-state index contributed by atoms with van der Waals surface area (Å²) in [5, 5.41) is 5.79. The third-order valence-corrected chi connectivity index (χ3v) is 3.84. The topological polar surface area (TPSA) is 12.0 Å². The van der Waals surface area contributed by atoms with E-state index >= 15 is 0 Å². The first kappa shape index (κ1) is 10.7. The lowest BCUT2D eigenvalue weighted by atomic mass is 9.88.